The highest BCUT2D eigenvalue weighted by Gasteiger charge is 2.20. The van der Waals surface area contributed by atoms with Gasteiger partial charge in [0.2, 0.25) is 11.8 Å². The zero-order valence-electron chi connectivity index (χ0n) is 17.0. The number of fused-ring (bicyclic) bond motifs is 1. The van der Waals surface area contributed by atoms with Gasteiger partial charge >= 0.3 is 6.03 Å². The molecule has 2 aliphatic heterocycles. The maximum Gasteiger partial charge on any atom is 0.368 e. The van der Waals surface area contributed by atoms with Crippen molar-refractivity contribution in [2.24, 2.45) is 9.98 Å². The molecule has 2 aromatic carbocycles. The third-order valence-corrected chi connectivity index (χ3v) is 7.08. The second-order valence-electron chi connectivity index (χ2n) is 7.23. The van der Waals surface area contributed by atoms with Gasteiger partial charge in [-0.3, -0.25) is 9.59 Å². The summed E-state index contributed by atoms with van der Waals surface area (Å²) in [6.07, 6.45) is 3.23. The number of piperazine rings is 1. The van der Waals surface area contributed by atoms with Gasteiger partial charge in [0, 0.05) is 49.0 Å². The zero-order valence-corrected chi connectivity index (χ0v) is 19.4. The normalized spacial score (nSPS) is 15.5. The lowest BCUT2D eigenvalue weighted by Gasteiger charge is -2.33. The summed E-state index contributed by atoms with van der Waals surface area (Å²) >= 11 is 14.1. The number of urea groups is 1. The van der Waals surface area contributed by atoms with E-state index < -0.39 is 6.03 Å². The highest BCUT2D eigenvalue weighted by Crippen LogP contribution is 2.36. The van der Waals surface area contributed by atoms with Crippen molar-refractivity contribution in [1.29, 1.82) is 0 Å². The van der Waals surface area contributed by atoms with Crippen molar-refractivity contribution < 1.29 is 14.4 Å². The van der Waals surface area contributed by atoms with Crippen LogP contribution in [0.1, 0.15) is 12.5 Å². The molecule has 0 aliphatic carbocycles. The Bertz CT molecular complexity index is 1270. The van der Waals surface area contributed by atoms with E-state index in [0.717, 1.165) is 10.5 Å². The number of amides is 4. The van der Waals surface area contributed by atoms with E-state index >= 15 is 0 Å². The van der Waals surface area contributed by atoms with Crippen LogP contribution in [0.15, 0.2) is 56.2 Å². The van der Waals surface area contributed by atoms with Gasteiger partial charge in [-0.2, -0.15) is 9.98 Å². The summed E-state index contributed by atoms with van der Waals surface area (Å²) < 4.78 is 0. The van der Waals surface area contributed by atoms with Gasteiger partial charge in [0.05, 0.1) is 20.8 Å². The Hall–Kier alpha value is -2.68. The molecule has 0 unspecified atom stereocenters. The molecule has 7 nitrogen and oxygen atoms in total. The van der Waals surface area contributed by atoms with Gasteiger partial charge in [-0.05, 0) is 35.9 Å². The van der Waals surface area contributed by atoms with Gasteiger partial charge in [-0.15, -0.1) is 0 Å². The van der Waals surface area contributed by atoms with E-state index in [9.17, 15) is 14.4 Å². The molecule has 4 amide bonds. The highest BCUT2D eigenvalue weighted by atomic mass is 35.5. The van der Waals surface area contributed by atoms with Crippen LogP contribution in [-0.4, -0.2) is 53.8 Å². The van der Waals surface area contributed by atoms with Gasteiger partial charge in [-0.1, -0.05) is 41.0 Å². The molecular formula is C22H18Cl2N4O3S. The molecule has 2 heterocycles. The second kappa shape index (κ2) is 9.44. The predicted molar refractivity (Wildman–Crippen MR) is 123 cm³/mol. The molecule has 1 saturated heterocycles. The molecule has 0 aromatic heterocycles. The Labute approximate surface area is 198 Å². The maximum atomic E-state index is 12.4. The van der Waals surface area contributed by atoms with E-state index in [4.69, 9.17) is 23.2 Å². The van der Waals surface area contributed by atoms with Gasteiger partial charge < -0.3 is 9.80 Å². The molecule has 0 bridgehead atoms. The fourth-order valence-corrected chi connectivity index (χ4v) is 4.79. The molecular weight excluding hydrogens is 471 g/mol. The molecule has 0 spiro atoms. The van der Waals surface area contributed by atoms with Crippen LogP contribution >= 0.6 is 35.0 Å². The molecule has 0 radical (unpaired) electrons. The standard InChI is InChI=1S/C22H18Cl2N4O3S/c1-13(29)27-6-8-28(9-7-27)21(30)5-3-14-2-4-19(15(23)10-14)32-20-12-18-17(11-16(20)24)25-22(31)26-18/h2-5,10-12H,6-9H2,1H3/b5-3+. The van der Waals surface area contributed by atoms with E-state index in [0.29, 0.717) is 51.8 Å². The minimum atomic E-state index is -0.539. The Morgan fingerprint density at radius 2 is 1.56 bits per heavy atom. The number of carbonyl (C=O) groups excluding carboxylic acids is 3. The van der Waals surface area contributed by atoms with E-state index in [1.165, 1.54) is 24.8 Å². The maximum absolute atomic E-state index is 12.4. The first-order valence-corrected chi connectivity index (χ1v) is 11.4. The number of hydrogen-bond donors (Lipinski definition) is 0. The summed E-state index contributed by atoms with van der Waals surface area (Å²) in [5, 5.41) is 1.91. The molecule has 2 aromatic rings. The molecule has 0 N–H and O–H groups in total. The van der Waals surface area contributed by atoms with Crippen LogP contribution in [0, 0.1) is 0 Å². The Kier molecular flexibility index (Phi) is 6.64. The van der Waals surface area contributed by atoms with Crippen LogP contribution in [0.4, 0.5) is 4.79 Å². The Morgan fingerprint density at radius 3 is 2.22 bits per heavy atom. The van der Waals surface area contributed by atoms with Crippen LogP contribution in [-0.2, 0) is 9.59 Å². The average Bonchev–Trinajstić information content (AvgIpc) is 3.12. The quantitative estimate of drug-likeness (QED) is 0.618. The summed E-state index contributed by atoms with van der Waals surface area (Å²) in [7, 11) is 0. The largest absolute Gasteiger partial charge is 0.368 e. The third-order valence-electron chi connectivity index (χ3n) is 5.09. The van der Waals surface area contributed by atoms with Crippen molar-refractivity contribution in [3.05, 3.63) is 62.7 Å². The zero-order chi connectivity index (χ0) is 22.8. The van der Waals surface area contributed by atoms with Gasteiger partial charge in [0.25, 0.3) is 0 Å². The number of halogens is 2. The van der Waals surface area contributed by atoms with Gasteiger partial charge in [-0.25, -0.2) is 4.79 Å². The third kappa shape index (κ3) is 5.03. The molecule has 10 heteroatoms. The molecule has 4 rings (SSSR count). The second-order valence-corrected chi connectivity index (χ2v) is 9.13. The van der Waals surface area contributed by atoms with Crippen molar-refractivity contribution in [2.75, 3.05) is 26.2 Å². The van der Waals surface area contributed by atoms with E-state index in [2.05, 4.69) is 9.98 Å². The lowest BCUT2D eigenvalue weighted by Crippen LogP contribution is -2.49. The number of nitrogens with zero attached hydrogens (tertiary/aromatic N) is 4. The molecule has 1 fully saturated rings. The van der Waals surface area contributed by atoms with Crippen molar-refractivity contribution in [2.45, 2.75) is 16.7 Å². The Balaban J connectivity index is 1.43. The first kappa shape index (κ1) is 22.5. The summed E-state index contributed by atoms with van der Waals surface area (Å²) in [6, 6.07) is 8.26. The molecule has 0 atom stereocenters. The minimum absolute atomic E-state index is 0.0271. The summed E-state index contributed by atoms with van der Waals surface area (Å²) in [4.78, 5) is 47.8. The molecule has 0 saturated carbocycles. The molecule has 2 aliphatic rings. The van der Waals surface area contributed by atoms with Gasteiger partial charge in [0.15, 0.2) is 0 Å². The minimum Gasteiger partial charge on any atom is -0.339 e. The fourth-order valence-electron chi connectivity index (χ4n) is 3.36. The van der Waals surface area contributed by atoms with Crippen LogP contribution in [0.2, 0.25) is 10.0 Å². The summed E-state index contributed by atoms with van der Waals surface area (Å²) in [5.41, 5.74) is 0.787. The van der Waals surface area contributed by atoms with Crippen molar-refractivity contribution >= 4 is 58.9 Å². The lowest BCUT2D eigenvalue weighted by molar-refractivity contribution is -0.135. The number of carbonyl (C=O) groups is 3. The van der Waals surface area contributed by atoms with Crippen LogP contribution < -0.4 is 10.7 Å². The van der Waals surface area contributed by atoms with Crippen molar-refractivity contribution in [1.82, 2.24) is 9.80 Å². The number of rotatable bonds is 4. The smallest absolute Gasteiger partial charge is 0.339 e. The number of hydrogen-bond acceptors (Lipinski definition) is 4. The van der Waals surface area contributed by atoms with Crippen LogP contribution in [0.3, 0.4) is 0 Å². The van der Waals surface area contributed by atoms with Crippen LogP contribution in [0.5, 0.6) is 0 Å². The summed E-state index contributed by atoms with van der Waals surface area (Å²) in [5.74, 6) is -0.0734. The van der Waals surface area contributed by atoms with E-state index in [-0.39, 0.29) is 11.8 Å². The van der Waals surface area contributed by atoms with Crippen molar-refractivity contribution in [3.8, 4) is 0 Å². The van der Waals surface area contributed by atoms with E-state index in [1.54, 1.807) is 34.1 Å². The highest BCUT2D eigenvalue weighted by molar-refractivity contribution is 7.99. The average molecular weight is 489 g/mol. The molecule has 164 valence electrons. The number of benzene rings is 2. The topological polar surface area (TPSA) is 82.4 Å². The predicted octanol–water partition coefficient (Wildman–Crippen LogP) is 3.22. The lowest BCUT2D eigenvalue weighted by atomic mass is 10.2. The van der Waals surface area contributed by atoms with Gasteiger partial charge in [0.1, 0.15) is 0 Å². The van der Waals surface area contributed by atoms with E-state index in [1.807, 2.05) is 12.1 Å². The molecule has 32 heavy (non-hydrogen) atoms. The fraction of sp³-hybridized carbons (Fsp3) is 0.227. The monoisotopic (exact) mass is 488 g/mol. The Morgan fingerprint density at radius 1 is 0.938 bits per heavy atom. The first-order chi connectivity index (χ1) is 15.3. The summed E-state index contributed by atoms with van der Waals surface area (Å²) in [6.45, 7) is 3.67. The van der Waals surface area contributed by atoms with Crippen LogP contribution in [0.25, 0.3) is 6.08 Å². The SMILES string of the molecule is CC(=O)N1CCN(C(=O)/C=C/c2ccc(Sc3cc4c(cc3Cl)=NC(=O)N=4)c(Cl)c2)CC1. The van der Waals surface area contributed by atoms with Crippen molar-refractivity contribution in [3.63, 3.8) is 0 Å². The first-order valence-electron chi connectivity index (χ1n) is 9.81.